The topological polar surface area (TPSA) is 119 Å². The van der Waals surface area contributed by atoms with Gasteiger partial charge in [-0.05, 0) is 50.3 Å². The molecule has 1 saturated carbocycles. The third kappa shape index (κ3) is 4.08. The quantitative estimate of drug-likeness (QED) is 0.604. The highest BCUT2D eigenvalue weighted by Crippen LogP contribution is 2.40. The summed E-state index contributed by atoms with van der Waals surface area (Å²) in [4.78, 5) is 20.1. The number of primary amides is 1. The zero-order chi connectivity index (χ0) is 18.8. The maximum atomic E-state index is 14.3. The van der Waals surface area contributed by atoms with Crippen molar-refractivity contribution in [3.05, 3.63) is 41.5 Å². The number of nitrogens with zero attached hydrogens (tertiary/aromatic N) is 2. The summed E-state index contributed by atoms with van der Waals surface area (Å²) in [6.07, 6.45) is 5.75. The van der Waals surface area contributed by atoms with E-state index in [1.807, 2.05) is 26.1 Å². The minimum Gasteiger partial charge on any atom is -0.365 e. The molecule has 0 aliphatic heterocycles. The van der Waals surface area contributed by atoms with E-state index >= 15 is 0 Å². The van der Waals surface area contributed by atoms with Gasteiger partial charge in [-0.2, -0.15) is 0 Å². The minimum atomic E-state index is -0.767. The highest BCUT2D eigenvalue weighted by molar-refractivity contribution is 5.98. The Morgan fingerprint density at radius 2 is 2.00 bits per heavy atom. The number of pyridine rings is 2. The largest absolute Gasteiger partial charge is 0.365 e. The van der Waals surface area contributed by atoms with E-state index in [4.69, 9.17) is 11.5 Å². The van der Waals surface area contributed by atoms with Gasteiger partial charge >= 0.3 is 0 Å². The van der Waals surface area contributed by atoms with Gasteiger partial charge in [0, 0.05) is 18.3 Å². The number of rotatable bonds is 7. The Bertz CT molecular complexity index is 821. The molecule has 2 aromatic rings. The number of amides is 1. The van der Waals surface area contributed by atoms with E-state index in [9.17, 15) is 9.18 Å². The Hall–Kier alpha value is -2.74. The van der Waals surface area contributed by atoms with E-state index < -0.39 is 11.7 Å². The van der Waals surface area contributed by atoms with Crippen molar-refractivity contribution in [3.8, 4) is 0 Å². The Kier molecular flexibility index (Phi) is 5.03. The van der Waals surface area contributed by atoms with Crippen LogP contribution in [0.25, 0.3) is 0 Å². The summed E-state index contributed by atoms with van der Waals surface area (Å²) < 4.78 is 14.3. The van der Waals surface area contributed by atoms with Gasteiger partial charge in [0.2, 0.25) is 0 Å². The molecule has 0 unspecified atom stereocenters. The van der Waals surface area contributed by atoms with Crippen LogP contribution in [0.15, 0.2) is 24.5 Å². The van der Waals surface area contributed by atoms with Crippen molar-refractivity contribution in [1.29, 1.82) is 0 Å². The smallest absolute Gasteiger partial charge is 0.252 e. The molecule has 8 heteroatoms. The van der Waals surface area contributed by atoms with Crippen molar-refractivity contribution >= 4 is 23.2 Å². The Labute approximate surface area is 151 Å². The molecular weight excluding hydrogens is 335 g/mol. The fourth-order valence-electron chi connectivity index (χ4n) is 2.52. The maximum Gasteiger partial charge on any atom is 0.252 e. The van der Waals surface area contributed by atoms with Crippen molar-refractivity contribution in [2.75, 3.05) is 10.6 Å². The zero-order valence-corrected chi connectivity index (χ0v) is 14.8. The van der Waals surface area contributed by atoms with Crippen molar-refractivity contribution in [1.82, 2.24) is 9.97 Å². The van der Waals surface area contributed by atoms with Crippen LogP contribution in [-0.2, 0) is 0 Å². The number of nitrogens with two attached hydrogens (primary N) is 2. The number of hydrogen-bond donors (Lipinski definition) is 4. The number of hydrogen-bond acceptors (Lipinski definition) is 6. The molecule has 2 atom stereocenters. The lowest BCUT2D eigenvalue weighted by Gasteiger charge is -2.20. The van der Waals surface area contributed by atoms with Gasteiger partial charge < -0.3 is 22.1 Å². The number of anilines is 3. The first-order valence-electron chi connectivity index (χ1n) is 8.59. The van der Waals surface area contributed by atoms with Gasteiger partial charge in [-0.1, -0.05) is 0 Å². The van der Waals surface area contributed by atoms with Crippen LogP contribution in [0, 0.1) is 5.82 Å². The second-order valence-corrected chi connectivity index (χ2v) is 6.78. The molecule has 0 spiro atoms. The molecule has 0 bridgehead atoms. The number of halogens is 1. The SMILES string of the molecule is C[C@H](Nc1nc(Nc2cncc(C3CC3)c2)c(C(N)=O)cc1F)[C@@H](C)N. The second-order valence-electron chi connectivity index (χ2n) is 6.78. The lowest BCUT2D eigenvalue weighted by Crippen LogP contribution is -2.35. The van der Waals surface area contributed by atoms with Gasteiger partial charge in [0.1, 0.15) is 5.82 Å². The van der Waals surface area contributed by atoms with Crippen LogP contribution in [0.1, 0.15) is 48.5 Å². The van der Waals surface area contributed by atoms with E-state index in [1.165, 1.54) is 0 Å². The van der Waals surface area contributed by atoms with E-state index in [2.05, 4.69) is 20.6 Å². The van der Waals surface area contributed by atoms with E-state index in [1.54, 1.807) is 6.20 Å². The van der Waals surface area contributed by atoms with Crippen LogP contribution in [0.4, 0.5) is 21.7 Å². The number of aromatic nitrogens is 2. The molecule has 3 rings (SSSR count). The van der Waals surface area contributed by atoms with E-state index in [-0.39, 0.29) is 29.3 Å². The van der Waals surface area contributed by atoms with Crippen LogP contribution in [0.5, 0.6) is 0 Å². The van der Waals surface area contributed by atoms with Crippen molar-refractivity contribution in [2.24, 2.45) is 11.5 Å². The molecule has 26 heavy (non-hydrogen) atoms. The molecule has 0 aromatic carbocycles. The van der Waals surface area contributed by atoms with Gasteiger partial charge in [-0.3, -0.25) is 9.78 Å². The summed E-state index contributed by atoms with van der Waals surface area (Å²) >= 11 is 0. The van der Waals surface area contributed by atoms with Gasteiger partial charge in [-0.25, -0.2) is 9.37 Å². The van der Waals surface area contributed by atoms with Crippen LogP contribution in [-0.4, -0.2) is 28.0 Å². The molecule has 2 aromatic heterocycles. The molecule has 0 radical (unpaired) electrons. The third-order valence-electron chi connectivity index (χ3n) is 4.47. The highest BCUT2D eigenvalue weighted by Gasteiger charge is 2.24. The normalized spacial score (nSPS) is 16.0. The van der Waals surface area contributed by atoms with Crippen molar-refractivity contribution in [2.45, 2.75) is 44.7 Å². The predicted octanol–water partition coefficient (Wildman–Crippen LogP) is 2.48. The third-order valence-corrected chi connectivity index (χ3v) is 4.47. The summed E-state index contributed by atoms with van der Waals surface area (Å²) in [6.45, 7) is 3.63. The molecule has 7 nitrogen and oxygen atoms in total. The van der Waals surface area contributed by atoms with Crippen LogP contribution < -0.4 is 22.1 Å². The lowest BCUT2D eigenvalue weighted by molar-refractivity contribution is 0.100. The highest BCUT2D eigenvalue weighted by atomic mass is 19.1. The minimum absolute atomic E-state index is 0.00797. The average molecular weight is 358 g/mol. The summed E-state index contributed by atoms with van der Waals surface area (Å²) in [6, 6.07) is 2.62. The number of carbonyl (C=O) groups excluding carboxylic acids is 1. The van der Waals surface area contributed by atoms with Crippen LogP contribution >= 0.6 is 0 Å². The molecule has 138 valence electrons. The molecule has 6 N–H and O–H groups in total. The molecule has 0 saturated heterocycles. The predicted molar refractivity (Wildman–Crippen MR) is 98.9 cm³/mol. The Morgan fingerprint density at radius 1 is 1.27 bits per heavy atom. The zero-order valence-electron chi connectivity index (χ0n) is 14.8. The number of nitrogens with one attached hydrogen (secondary N) is 2. The van der Waals surface area contributed by atoms with Crippen molar-refractivity contribution < 1.29 is 9.18 Å². The first-order chi connectivity index (χ1) is 12.3. The van der Waals surface area contributed by atoms with E-state index in [0.29, 0.717) is 11.6 Å². The molecule has 1 amide bonds. The standard InChI is InChI=1S/C18H23FN6O/c1-9(20)10(2)23-18-15(19)6-14(16(21)26)17(25-18)24-13-5-12(7-22-8-13)11-3-4-11/h5-11H,3-4,20H2,1-2H3,(H2,21,26)(H2,23,24,25)/t9-,10+/m1/s1. The fraction of sp³-hybridized carbons (Fsp3) is 0.389. The lowest BCUT2D eigenvalue weighted by atomic mass is 10.1. The van der Waals surface area contributed by atoms with Gasteiger partial charge in [0.15, 0.2) is 11.6 Å². The molecule has 1 aliphatic carbocycles. The monoisotopic (exact) mass is 358 g/mol. The molecule has 1 aliphatic rings. The molecule has 2 heterocycles. The average Bonchev–Trinajstić information content (AvgIpc) is 3.42. The Morgan fingerprint density at radius 3 is 2.62 bits per heavy atom. The summed E-state index contributed by atoms with van der Waals surface area (Å²) in [5.74, 6) is -0.717. The molecular formula is C18H23FN6O. The first kappa shape index (κ1) is 18.1. The summed E-state index contributed by atoms with van der Waals surface area (Å²) in [5, 5.41) is 5.96. The van der Waals surface area contributed by atoms with Crippen molar-refractivity contribution in [3.63, 3.8) is 0 Å². The summed E-state index contributed by atoms with van der Waals surface area (Å²) in [5.41, 5.74) is 13.0. The summed E-state index contributed by atoms with van der Waals surface area (Å²) in [7, 11) is 0. The Balaban J connectivity index is 1.92. The van der Waals surface area contributed by atoms with Gasteiger partial charge in [0.05, 0.1) is 17.4 Å². The molecule has 1 fully saturated rings. The fourth-order valence-corrected chi connectivity index (χ4v) is 2.52. The van der Waals surface area contributed by atoms with Crippen LogP contribution in [0.2, 0.25) is 0 Å². The first-order valence-corrected chi connectivity index (χ1v) is 8.59. The van der Waals surface area contributed by atoms with Gasteiger partial charge in [-0.15, -0.1) is 0 Å². The number of carbonyl (C=O) groups is 1. The van der Waals surface area contributed by atoms with Gasteiger partial charge in [0.25, 0.3) is 5.91 Å². The van der Waals surface area contributed by atoms with E-state index in [0.717, 1.165) is 24.5 Å². The van der Waals surface area contributed by atoms with Crippen LogP contribution in [0.3, 0.4) is 0 Å². The second kappa shape index (κ2) is 7.25. The maximum absolute atomic E-state index is 14.3.